The Morgan fingerprint density at radius 2 is 1.85 bits per heavy atom. The van der Waals surface area contributed by atoms with Gasteiger partial charge in [0.1, 0.15) is 5.75 Å². The molecule has 0 spiro atoms. The average Bonchev–Trinajstić information content (AvgIpc) is 2.06. The predicted molar refractivity (Wildman–Crippen MR) is 52.5 cm³/mol. The first-order chi connectivity index (χ1) is 5.64. The zero-order chi connectivity index (χ0) is 9.03. The van der Waals surface area contributed by atoms with Crippen LogP contribution in [0.15, 0.2) is 30.3 Å². The zero-order valence-corrected chi connectivity index (χ0v) is 7.83. The maximum atomic E-state index is 9.21. The van der Waals surface area contributed by atoms with Gasteiger partial charge in [0.25, 0.3) is 5.91 Å². The van der Waals surface area contributed by atoms with Gasteiger partial charge in [-0.2, -0.15) is 0 Å². The second-order valence-corrected chi connectivity index (χ2v) is 2.46. The van der Waals surface area contributed by atoms with Crippen molar-refractivity contribution in [2.24, 2.45) is 11.5 Å². The number of rotatable bonds is 3. The molecule has 0 fully saturated rings. The van der Waals surface area contributed by atoms with Crippen LogP contribution in [0.3, 0.4) is 0 Å². The molecule has 0 aromatic heterocycles. The van der Waals surface area contributed by atoms with E-state index in [1.165, 1.54) is 0 Å². The quantitative estimate of drug-likeness (QED) is 0.608. The van der Waals surface area contributed by atoms with Crippen LogP contribution in [0.4, 0.5) is 0 Å². The summed E-state index contributed by atoms with van der Waals surface area (Å²) in [6.45, 7) is -0.151. The van der Waals surface area contributed by atoms with Crippen molar-refractivity contribution < 1.29 is 9.84 Å². The third-order valence-corrected chi connectivity index (χ3v) is 1.33. The van der Waals surface area contributed by atoms with Gasteiger partial charge in [-0.3, -0.25) is 5.73 Å². The van der Waals surface area contributed by atoms with E-state index in [4.69, 9.17) is 16.2 Å². The molecule has 1 unspecified atom stereocenters. The molecule has 5 N–H and O–H groups in total. The second kappa shape index (κ2) is 5.04. The summed E-state index contributed by atoms with van der Waals surface area (Å²) in [5.74, 6) is -1.28. The maximum absolute atomic E-state index is 9.21. The van der Waals surface area contributed by atoms with Gasteiger partial charge in [0.05, 0.1) is 6.54 Å². The third kappa shape index (κ3) is 4.10. The maximum Gasteiger partial charge on any atom is 0.278 e. The van der Waals surface area contributed by atoms with Gasteiger partial charge in [-0.05, 0) is 12.1 Å². The molecule has 0 saturated carbocycles. The minimum absolute atomic E-state index is 0. The van der Waals surface area contributed by atoms with Crippen LogP contribution in [-0.4, -0.2) is 17.6 Å². The van der Waals surface area contributed by atoms with Crippen molar-refractivity contribution in [2.75, 3.05) is 6.54 Å². The van der Waals surface area contributed by atoms with Crippen molar-refractivity contribution in [1.29, 1.82) is 0 Å². The molecule has 0 aliphatic rings. The van der Waals surface area contributed by atoms with Crippen LogP contribution in [-0.2, 0) is 0 Å². The van der Waals surface area contributed by atoms with Crippen LogP contribution in [0.1, 0.15) is 0 Å². The lowest BCUT2D eigenvalue weighted by molar-refractivity contribution is -0.123. The lowest BCUT2D eigenvalue weighted by atomic mass is 10.3. The summed E-state index contributed by atoms with van der Waals surface area (Å²) in [5, 5.41) is 9.21. The van der Waals surface area contributed by atoms with Gasteiger partial charge < -0.3 is 15.6 Å². The summed E-state index contributed by atoms with van der Waals surface area (Å²) < 4.78 is 4.96. The number of para-hydroxylation sites is 1. The summed E-state index contributed by atoms with van der Waals surface area (Å²) in [5.41, 5.74) is 10.4. The summed E-state index contributed by atoms with van der Waals surface area (Å²) in [4.78, 5) is 0. The molecule has 74 valence electrons. The Labute approximate surface area is 82.9 Å². The molecule has 0 aliphatic carbocycles. The summed E-state index contributed by atoms with van der Waals surface area (Å²) in [6, 6.07) is 8.77. The molecule has 0 amide bonds. The van der Waals surface area contributed by atoms with E-state index in [-0.39, 0.29) is 19.0 Å². The first-order valence-electron chi connectivity index (χ1n) is 3.59. The SMILES string of the molecule is Cl.NCC(N)(O)Oc1ccccc1. The number of ether oxygens (including phenoxy) is 1. The normalized spacial score (nSPS) is 14.1. The molecule has 0 saturated heterocycles. The number of aliphatic hydroxyl groups is 1. The topological polar surface area (TPSA) is 81.5 Å². The molecule has 0 aliphatic heterocycles. The molecule has 1 aromatic rings. The number of hydrogen-bond donors (Lipinski definition) is 3. The third-order valence-electron chi connectivity index (χ3n) is 1.33. The first-order valence-corrected chi connectivity index (χ1v) is 3.59. The molecule has 0 heterocycles. The molecule has 13 heavy (non-hydrogen) atoms. The van der Waals surface area contributed by atoms with Gasteiger partial charge in [-0.25, -0.2) is 0 Å². The molecule has 1 atom stereocenters. The standard InChI is InChI=1S/C8H12N2O2.ClH/c9-6-8(10,11)12-7-4-2-1-3-5-7;/h1-5,11H,6,9-10H2;1H. The van der Waals surface area contributed by atoms with Crippen molar-refractivity contribution in [3.63, 3.8) is 0 Å². The van der Waals surface area contributed by atoms with Crippen LogP contribution in [0.5, 0.6) is 5.75 Å². The fraction of sp³-hybridized carbons (Fsp3) is 0.250. The number of benzene rings is 1. The predicted octanol–water partition coefficient (Wildman–Crippen LogP) is 0.0507. The Kier molecular flexibility index (Phi) is 4.72. The minimum Gasteiger partial charge on any atom is -0.448 e. The Morgan fingerprint density at radius 1 is 1.31 bits per heavy atom. The fourth-order valence-corrected chi connectivity index (χ4v) is 0.734. The van der Waals surface area contributed by atoms with Crippen molar-refractivity contribution in [1.82, 2.24) is 0 Å². The van der Waals surface area contributed by atoms with E-state index in [1.807, 2.05) is 6.07 Å². The Balaban J connectivity index is 0.00000144. The molecule has 5 heteroatoms. The fourth-order valence-electron chi connectivity index (χ4n) is 0.734. The second-order valence-electron chi connectivity index (χ2n) is 2.46. The Morgan fingerprint density at radius 3 is 2.31 bits per heavy atom. The van der Waals surface area contributed by atoms with Crippen molar-refractivity contribution >= 4 is 12.4 Å². The van der Waals surface area contributed by atoms with Crippen LogP contribution in [0.25, 0.3) is 0 Å². The monoisotopic (exact) mass is 204 g/mol. The molecular weight excluding hydrogens is 192 g/mol. The van der Waals surface area contributed by atoms with E-state index < -0.39 is 5.91 Å². The van der Waals surface area contributed by atoms with E-state index >= 15 is 0 Å². The summed E-state index contributed by atoms with van der Waals surface area (Å²) >= 11 is 0. The lowest BCUT2D eigenvalue weighted by Crippen LogP contribution is -2.52. The highest BCUT2D eigenvalue weighted by Crippen LogP contribution is 2.11. The molecule has 0 radical (unpaired) electrons. The van der Waals surface area contributed by atoms with Crippen LogP contribution in [0, 0.1) is 0 Å². The van der Waals surface area contributed by atoms with Crippen LogP contribution >= 0.6 is 12.4 Å². The van der Waals surface area contributed by atoms with E-state index in [1.54, 1.807) is 24.3 Å². The number of halogens is 1. The van der Waals surface area contributed by atoms with E-state index in [0.717, 1.165) is 0 Å². The average molecular weight is 205 g/mol. The Bertz CT molecular complexity index is 241. The van der Waals surface area contributed by atoms with Gasteiger partial charge in [0.15, 0.2) is 0 Å². The summed E-state index contributed by atoms with van der Waals surface area (Å²) in [6.07, 6.45) is 0. The van der Waals surface area contributed by atoms with E-state index in [2.05, 4.69) is 0 Å². The van der Waals surface area contributed by atoms with Crippen molar-refractivity contribution in [3.8, 4) is 5.75 Å². The number of hydrogen-bond acceptors (Lipinski definition) is 4. The largest absolute Gasteiger partial charge is 0.448 e. The van der Waals surface area contributed by atoms with E-state index in [9.17, 15) is 5.11 Å². The van der Waals surface area contributed by atoms with Gasteiger partial charge in [-0.1, -0.05) is 18.2 Å². The van der Waals surface area contributed by atoms with Gasteiger partial charge in [0, 0.05) is 0 Å². The lowest BCUT2D eigenvalue weighted by Gasteiger charge is -2.21. The highest BCUT2D eigenvalue weighted by Gasteiger charge is 2.20. The van der Waals surface area contributed by atoms with Crippen molar-refractivity contribution in [3.05, 3.63) is 30.3 Å². The highest BCUT2D eigenvalue weighted by atomic mass is 35.5. The minimum atomic E-state index is -1.78. The molecule has 4 nitrogen and oxygen atoms in total. The molecule has 0 bridgehead atoms. The van der Waals surface area contributed by atoms with Gasteiger partial charge >= 0.3 is 0 Å². The Hall–Kier alpha value is -0.810. The summed E-state index contributed by atoms with van der Waals surface area (Å²) in [7, 11) is 0. The first kappa shape index (κ1) is 12.2. The van der Waals surface area contributed by atoms with Crippen LogP contribution < -0.4 is 16.2 Å². The van der Waals surface area contributed by atoms with Crippen LogP contribution in [0.2, 0.25) is 0 Å². The highest BCUT2D eigenvalue weighted by molar-refractivity contribution is 5.85. The van der Waals surface area contributed by atoms with Gasteiger partial charge in [-0.15, -0.1) is 12.4 Å². The smallest absolute Gasteiger partial charge is 0.278 e. The zero-order valence-electron chi connectivity index (χ0n) is 7.01. The molecule has 1 rings (SSSR count). The van der Waals surface area contributed by atoms with Gasteiger partial charge in [0.2, 0.25) is 0 Å². The molecule has 1 aromatic carbocycles. The molecular formula is C8H13ClN2O2. The number of nitrogens with two attached hydrogens (primary N) is 2. The van der Waals surface area contributed by atoms with E-state index in [0.29, 0.717) is 5.75 Å². The van der Waals surface area contributed by atoms with Crippen molar-refractivity contribution in [2.45, 2.75) is 5.91 Å².